The Morgan fingerprint density at radius 3 is 2.68 bits per heavy atom. The number of nitrogens with zero attached hydrogens (tertiary/aromatic N) is 1. The number of nitrogens with one attached hydrogen (secondary N) is 1. The quantitative estimate of drug-likeness (QED) is 0.704. The highest BCUT2D eigenvalue weighted by Gasteiger charge is 2.03. The lowest BCUT2D eigenvalue weighted by Crippen LogP contribution is -2.32. The third-order valence-corrected chi connectivity index (χ3v) is 3.93. The van der Waals surface area contributed by atoms with Gasteiger partial charge in [0.15, 0.2) is 0 Å². The van der Waals surface area contributed by atoms with Gasteiger partial charge in [0.05, 0.1) is 7.11 Å². The highest BCUT2D eigenvalue weighted by atomic mass is 79.9. The van der Waals surface area contributed by atoms with Gasteiger partial charge in [0.2, 0.25) is 0 Å². The molecule has 0 aromatic heterocycles. The monoisotopic (exact) mass is 328 g/mol. The fourth-order valence-corrected chi connectivity index (χ4v) is 2.40. The Morgan fingerprint density at radius 1 is 1.26 bits per heavy atom. The summed E-state index contributed by atoms with van der Waals surface area (Å²) in [5, 5.41) is 3.49. The molecule has 0 saturated heterocycles. The molecule has 0 spiro atoms. The van der Waals surface area contributed by atoms with E-state index in [1.54, 1.807) is 7.11 Å². The molecule has 0 fully saturated rings. The van der Waals surface area contributed by atoms with Crippen molar-refractivity contribution in [2.45, 2.75) is 26.8 Å². The van der Waals surface area contributed by atoms with Gasteiger partial charge in [0.1, 0.15) is 5.75 Å². The van der Waals surface area contributed by atoms with Crippen molar-refractivity contribution in [2.75, 3.05) is 33.3 Å². The Labute approximate surface area is 125 Å². The number of rotatable bonds is 9. The fourth-order valence-electron chi connectivity index (χ4n) is 2.02. The third-order valence-electron chi connectivity index (χ3n) is 3.16. The van der Waals surface area contributed by atoms with Gasteiger partial charge < -0.3 is 15.0 Å². The number of benzene rings is 1. The topological polar surface area (TPSA) is 24.5 Å². The highest BCUT2D eigenvalue weighted by Crippen LogP contribution is 2.22. The minimum atomic E-state index is 0.863. The molecule has 1 aromatic carbocycles. The molecule has 19 heavy (non-hydrogen) atoms. The molecule has 0 bridgehead atoms. The van der Waals surface area contributed by atoms with Gasteiger partial charge in [-0.25, -0.2) is 0 Å². The molecular weight excluding hydrogens is 304 g/mol. The van der Waals surface area contributed by atoms with Crippen molar-refractivity contribution in [1.82, 2.24) is 10.2 Å². The first kappa shape index (κ1) is 16.5. The molecule has 0 unspecified atom stereocenters. The third kappa shape index (κ3) is 5.93. The van der Waals surface area contributed by atoms with Gasteiger partial charge in [-0.15, -0.1) is 0 Å². The van der Waals surface area contributed by atoms with Gasteiger partial charge in [-0.1, -0.05) is 29.8 Å². The average Bonchev–Trinajstić information content (AvgIpc) is 2.44. The molecule has 0 aliphatic heterocycles. The Hall–Kier alpha value is -0.580. The standard InChI is InChI=1S/C15H25BrN2O/c1-4-9-18(5-2)10-8-17-12-13-11-14(19-3)6-7-15(13)16/h6-7,11,17H,4-5,8-10,12H2,1-3H3. The van der Waals surface area contributed by atoms with Gasteiger partial charge >= 0.3 is 0 Å². The van der Waals surface area contributed by atoms with Crippen molar-refractivity contribution >= 4 is 15.9 Å². The van der Waals surface area contributed by atoms with Crippen molar-refractivity contribution in [2.24, 2.45) is 0 Å². The van der Waals surface area contributed by atoms with Crippen LogP contribution < -0.4 is 10.1 Å². The van der Waals surface area contributed by atoms with Crippen LogP contribution >= 0.6 is 15.9 Å². The molecule has 0 aliphatic rings. The van der Waals surface area contributed by atoms with Crippen LogP contribution in [0.5, 0.6) is 5.75 Å². The van der Waals surface area contributed by atoms with E-state index in [-0.39, 0.29) is 0 Å². The number of hydrogen-bond donors (Lipinski definition) is 1. The van der Waals surface area contributed by atoms with Crippen LogP contribution in [-0.2, 0) is 6.54 Å². The summed E-state index contributed by atoms with van der Waals surface area (Å²) in [5.74, 6) is 0.904. The van der Waals surface area contributed by atoms with Crippen LogP contribution in [0.1, 0.15) is 25.8 Å². The van der Waals surface area contributed by atoms with Crippen LogP contribution in [0.3, 0.4) is 0 Å². The largest absolute Gasteiger partial charge is 0.497 e. The first-order valence-electron chi connectivity index (χ1n) is 6.96. The zero-order chi connectivity index (χ0) is 14.1. The maximum absolute atomic E-state index is 5.25. The molecule has 108 valence electrons. The predicted octanol–water partition coefficient (Wildman–Crippen LogP) is 3.28. The molecule has 0 atom stereocenters. The van der Waals surface area contributed by atoms with E-state index >= 15 is 0 Å². The number of halogens is 1. The summed E-state index contributed by atoms with van der Waals surface area (Å²) in [6, 6.07) is 6.07. The minimum Gasteiger partial charge on any atom is -0.497 e. The maximum atomic E-state index is 5.25. The lowest BCUT2D eigenvalue weighted by Gasteiger charge is -2.19. The highest BCUT2D eigenvalue weighted by molar-refractivity contribution is 9.10. The summed E-state index contributed by atoms with van der Waals surface area (Å²) < 4.78 is 6.37. The summed E-state index contributed by atoms with van der Waals surface area (Å²) in [5.41, 5.74) is 1.23. The number of hydrogen-bond acceptors (Lipinski definition) is 3. The molecule has 0 saturated carbocycles. The van der Waals surface area contributed by atoms with E-state index in [0.717, 1.165) is 36.4 Å². The van der Waals surface area contributed by atoms with E-state index in [2.05, 4.69) is 46.1 Å². The molecule has 0 heterocycles. The van der Waals surface area contributed by atoms with Gasteiger partial charge in [-0.05, 0) is 43.3 Å². The van der Waals surface area contributed by atoms with Crippen LogP contribution in [0, 0.1) is 0 Å². The Balaban J connectivity index is 2.36. The molecule has 0 radical (unpaired) electrons. The molecule has 1 aromatic rings. The molecular formula is C15H25BrN2O. The number of likely N-dealkylation sites (N-methyl/N-ethyl adjacent to an activating group) is 1. The van der Waals surface area contributed by atoms with Crippen molar-refractivity contribution < 1.29 is 4.74 Å². The minimum absolute atomic E-state index is 0.863. The van der Waals surface area contributed by atoms with Crippen molar-refractivity contribution in [1.29, 1.82) is 0 Å². The second-order valence-electron chi connectivity index (χ2n) is 4.57. The summed E-state index contributed by atoms with van der Waals surface area (Å²) in [7, 11) is 1.70. The molecule has 3 nitrogen and oxygen atoms in total. The van der Waals surface area contributed by atoms with Crippen molar-refractivity contribution in [3.63, 3.8) is 0 Å². The van der Waals surface area contributed by atoms with Crippen LogP contribution in [0.2, 0.25) is 0 Å². The van der Waals surface area contributed by atoms with Crippen LogP contribution in [0.15, 0.2) is 22.7 Å². The fraction of sp³-hybridized carbons (Fsp3) is 0.600. The lowest BCUT2D eigenvalue weighted by atomic mass is 10.2. The average molecular weight is 329 g/mol. The van der Waals surface area contributed by atoms with E-state index in [9.17, 15) is 0 Å². The van der Waals surface area contributed by atoms with E-state index in [1.807, 2.05) is 12.1 Å². The SMILES string of the molecule is CCCN(CC)CCNCc1cc(OC)ccc1Br. The first-order valence-corrected chi connectivity index (χ1v) is 7.76. The summed E-state index contributed by atoms with van der Waals surface area (Å²) in [6.45, 7) is 9.72. The second-order valence-corrected chi connectivity index (χ2v) is 5.42. The van der Waals surface area contributed by atoms with Gasteiger partial charge in [-0.2, -0.15) is 0 Å². The van der Waals surface area contributed by atoms with Gasteiger partial charge in [0, 0.05) is 24.1 Å². The van der Waals surface area contributed by atoms with Gasteiger partial charge in [-0.3, -0.25) is 0 Å². The Bertz CT molecular complexity index is 371. The Kier molecular flexibility index (Phi) is 8.10. The zero-order valence-corrected chi connectivity index (χ0v) is 13.8. The summed E-state index contributed by atoms with van der Waals surface area (Å²) in [4.78, 5) is 2.47. The van der Waals surface area contributed by atoms with E-state index in [4.69, 9.17) is 4.74 Å². The van der Waals surface area contributed by atoms with E-state index in [0.29, 0.717) is 0 Å². The smallest absolute Gasteiger partial charge is 0.119 e. The molecule has 1 N–H and O–H groups in total. The molecule has 0 amide bonds. The number of methoxy groups -OCH3 is 1. The lowest BCUT2D eigenvalue weighted by molar-refractivity contribution is 0.287. The van der Waals surface area contributed by atoms with Gasteiger partial charge in [0.25, 0.3) is 0 Å². The van der Waals surface area contributed by atoms with E-state index in [1.165, 1.54) is 18.5 Å². The van der Waals surface area contributed by atoms with Crippen molar-refractivity contribution in [3.8, 4) is 5.75 Å². The summed E-state index contributed by atoms with van der Waals surface area (Å²) >= 11 is 3.57. The zero-order valence-electron chi connectivity index (χ0n) is 12.2. The van der Waals surface area contributed by atoms with Crippen LogP contribution in [0.25, 0.3) is 0 Å². The molecule has 4 heteroatoms. The first-order chi connectivity index (χ1) is 9.21. The second kappa shape index (κ2) is 9.34. The molecule has 0 aliphatic carbocycles. The molecule has 1 rings (SSSR count). The van der Waals surface area contributed by atoms with Crippen LogP contribution in [0.4, 0.5) is 0 Å². The van der Waals surface area contributed by atoms with Crippen molar-refractivity contribution in [3.05, 3.63) is 28.2 Å². The number of ether oxygens (including phenoxy) is 1. The maximum Gasteiger partial charge on any atom is 0.119 e. The predicted molar refractivity (Wildman–Crippen MR) is 84.8 cm³/mol. The Morgan fingerprint density at radius 2 is 2.05 bits per heavy atom. The van der Waals surface area contributed by atoms with Crippen LogP contribution in [-0.4, -0.2) is 38.2 Å². The summed E-state index contributed by atoms with van der Waals surface area (Å²) in [6.07, 6.45) is 1.22. The normalized spacial score (nSPS) is 11.0. The van der Waals surface area contributed by atoms with E-state index < -0.39 is 0 Å².